The topological polar surface area (TPSA) is 63.5 Å². The van der Waals surface area contributed by atoms with Gasteiger partial charge in [0.25, 0.3) is 5.69 Å². The van der Waals surface area contributed by atoms with Crippen LogP contribution in [0.1, 0.15) is 34.3 Å². The molecule has 1 heterocycles. The van der Waals surface area contributed by atoms with Crippen LogP contribution in [-0.4, -0.2) is 28.7 Å². The van der Waals surface area contributed by atoms with E-state index in [0.717, 1.165) is 49.2 Å². The SMILES string of the molecule is Cc1cccc(C(=O)C2CCN(Cc3ccc([N+](=O)[O-])cc3)CC2)c1. The normalized spacial score (nSPS) is 15.9. The molecule has 130 valence electrons. The van der Waals surface area contributed by atoms with E-state index in [1.807, 2.05) is 43.3 Å². The van der Waals surface area contributed by atoms with Crippen molar-refractivity contribution in [3.63, 3.8) is 0 Å². The lowest BCUT2D eigenvalue weighted by Crippen LogP contribution is -2.35. The number of carbonyl (C=O) groups is 1. The quantitative estimate of drug-likeness (QED) is 0.470. The molecule has 0 radical (unpaired) electrons. The summed E-state index contributed by atoms with van der Waals surface area (Å²) in [4.78, 5) is 25.3. The highest BCUT2D eigenvalue weighted by Crippen LogP contribution is 2.24. The van der Waals surface area contributed by atoms with Gasteiger partial charge in [-0.1, -0.05) is 35.9 Å². The van der Waals surface area contributed by atoms with Crippen LogP contribution in [0.2, 0.25) is 0 Å². The minimum atomic E-state index is -0.383. The monoisotopic (exact) mass is 338 g/mol. The lowest BCUT2D eigenvalue weighted by Gasteiger charge is -2.31. The van der Waals surface area contributed by atoms with E-state index >= 15 is 0 Å². The number of nitrogens with zero attached hydrogens (tertiary/aromatic N) is 2. The van der Waals surface area contributed by atoms with Crippen LogP contribution >= 0.6 is 0 Å². The lowest BCUT2D eigenvalue weighted by atomic mass is 9.88. The fourth-order valence-electron chi connectivity index (χ4n) is 3.37. The Bertz CT molecular complexity index is 763. The summed E-state index contributed by atoms with van der Waals surface area (Å²) < 4.78 is 0. The molecule has 0 atom stereocenters. The Morgan fingerprint density at radius 3 is 2.44 bits per heavy atom. The molecule has 1 saturated heterocycles. The summed E-state index contributed by atoms with van der Waals surface area (Å²) in [7, 11) is 0. The predicted octanol–water partition coefficient (Wildman–Crippen LogP) is 4.00. The number of likely N-dealkylation sites (tertiary alicyclic amines) is 1. The summed E-state index contributed by atoms with van der Waals surface area (Å²) in [6, 6.07) is 14.5. The van der Waals surface area contributed by atoms with Crippen LogP contribution in [0.4, 0.5) is 5.69 Å². The van der Waals surface area contributed by atoms with Crippen molar-refractivity contribution in [3.8, 4) is 0 Å². The highest BCUT2D eigenvalue weighted by atomic mass is 16.6. The maximum absolute atomic E-state index is 12.6. The zero-order chi connectivity index (χ0) is 17.8. The van der Waals surface area contributed by atoms with Gasteiger partial charge in [0.05, 0.1) is 4.92 Å². The van der Waals surface area contributed by atoms with Crippen molar-refractivity contribution in [2.24, 2.45) is 5.92 Å². The number of aryl methyl sites for hydroxylation is 1. The average Bonchev–Trinajstić information content (AvgIpc) is 2.62. The molecule has 5 nitrogen and oxygen atoms in total. The van der Waals surface area contributed by atoms with Crippen LogP contribution in [0.15, 0.2) is 48.5 Å². The zero-order valence-electron chi connectivity index (χ0n) is 14.4. The number of benzene rings is 2. The van der Waals surface area contributed by atoms with Gasteiger partial charge in [0.15, 0.2) is 5.78 Å². The van der Waals surface area contributed by atoms with Crippen LogP contribution in [0.5, 0.6) is 0 Å². The smallest absolute Gasteiger partial charge is 0.269 e. The van der Waals surface area contributed by atoms with Crippen LogP contribution in [0.25, 0.3) is 0 Å². The van der Waals surface area contributed by atoms with E-state index in [1.54, 1.807) is 12.1 Å². The Morgan fingerprint density at radius 1 is 1.16 bits per heavy atom. The first kappa shape index (κ1) is 17.3. The number of carbonyl (C=O) groups excluding carboxylic acids is 1. The molecule has 2 aromatic carbocycles. The molecule has 1 aliphatic heterocycles. The highest BCUT2D eigenvalue weighted by molar-refractivity contribution is 5.98. The Kier molecular flexibility index (Phi) is 5.24. The summed E-state index contributed by atoms with van der Waals surface area (Å²) in [6.45, 7) is 4.52. The maximum atomic E-state index is 12.6. The second-order valence-electron chi connectivity index (χ2n) is 6.71. The zero-order valence-corrected chi connectivity index (χ0v) is 14.4. The number of non-ortho nitro benzene ring substituents is 1. The number of nitro groups is 1. The van der Waals surface area contributed by atoms with Gasteiger partial charge in [0.1, 0.15) is 0 Å². The summed E-state index contributed by atoms with van der Waals surface area (Å²) in [5, 5.41) is 10.7. The Hall–Kier alpha value is -2.53. The van der Waals surface area contributed by atoms with E-state index in [1.165, 1.54) is 0 Å². The maximum Gasteiger partial charge on any atom is 0.269 e. The molecule has 5 heteroatoms. The van der Waals surface area contributed by atoms with Gasteiger partial charge in [0.2, 0.25) is 0 Å². The van der Waals surface area contributed by atoms with Crippen LogP contribution in [0.3, 0.4) is 0 Å². The third-order valence-corrected chi connectivity index (χ3v) is 4.81. The van der Waals surface area contributed by atoms with Gasteiger partial charge < -0.3 is 0 Å². The molecule has 0 aromatic heterocycles. The predicted molar refractivity (Wildman–Crippen MR) is 96.6 cm³/mol. The Morgan fingerprint density at radius 2 is 1.84 bits per heavy atom. The largest absolute Gasteiger partial charge is 0.299 e. The molecule has 1 fully saturated rings. The second kappa shape index (κ2) is 7.57. The van der Waals surface area contributed by atoms with Crippen molar-refractivity contribution in [2.75, 3.05) is 13.1 Å². The van der Waals surface area contributed by atoms with Crippen molar-refractivity contribution < 1.29 is 9.72 Å². The van der Waals surface area contributed by atoms with E-state index in [2.05, 4.69) is 4.90 Å². The molecule has 0 aliphatic carbocycles. The molecule has 2 aromatic rings. The third kappa shape index (κ3) is 4.31. The summed E-state index contributed by atoms with van der Waals surface area (Å²) in [5.41, 5.74) is 3.11. The van der Waals surface area contributed by atoms with E-state index in [9.17, 15) is 14.9 Å². The standard InChI is InChI=1S/C20H22N2O3/c1-15-3-2-4-18(13-15)20(23)17-9-11-21(12-10-17)14-16-5-7-19(8-6-16)22(24)25/h2-8,13,17H,9-12,14H2,1H3. The first-order valence-electron chi connectivity index (χ1n) is 8.59. The molecule has 0 unspecified atom stereocenters. The van der Waals surface area contributed by atoms with Crippen molar-refractivity contribution >= 4 is 11.5 Å². The van der Waals surface area contributed by atoms with Crippen LogP contribution < -0.4 is 0 Å². The van der Waals surface area contributed by atoms with Crippen LogP contribution in [-0.2, 0) is 6.54 Å². The molecular weight excluding hydrogens is 316 g/mol. The average molecular weight is 338 g/mol. The van der Waals surface area contributed by atoms with Gasteiger partial charge in [-0.2, -0.15) is 0 Å². The summed E-state index contributed by atoms with van der Waals surface area (Å²) in [5.74, 6) is 0.341. The van der Waals surface area contributed by atoms with Crippen molar-refractivity contribution in [1.82, 2.24) is 4.90 Å². The van der Waals surface area contributed by atoms with Crippen LogP contribution in [0, 0.1) is 23.0 Å². The minimum Gasteiger partial charge on any atom is -0.299 e. The summed E-state index contributed by atoms with van der Waals surface area (Å²) in [6.07, 6.45) is 1.72. The minimum absolute atomic E-state index is 0.0925. The van der Waals surface area contributed by atoms with E-state index in [0.29, 0.717) is 0 Å². The number of hydrogen-bond acceptors (Lipinski definition) is 4. The molecule has 1 aliphatic rings. The molecule has 25 heavy (non-hydrogen) atoms. The Labute approximate surface area is 147 Å². The van der Waals surface area contributed by atoms with Crippen molar-refractivity contribution in [3.05, 3.63) is 75.3 Å². The molecule has 0 N–H and O–H groups in total. The highest BCUT2D eigenvalue weighted by Gasteiger charge is 2.25. The van der Waals surface area contributed by atoms with Gasteiger partial charge in [-0.25, -0.2) is 0 Å². The summed E-state index contributed by atoms with van der Waals surface area (Å²) >= 11 is 0. The number of nitro benzene ring substituents is 1. The van der Waals surface area contributed by atoms with Gasteiger partial charge >= 0.3 is 0 Å². The molecule has 0 saturated carbocycles. The van der Waals surface area contributed by atoms with Crippen molar-refractivity contribution in [1.29, 1.82) is 0 Å². The number of Topliss-reactive ketones (excluding diaryl/α,β-unsaturated/α-hetero) is 1. The molecule has 0 spiro atoms. The molecule has 0 bridgehead atoms. The van der Waals surface area contributed by atoms with E-state index < -0.39 is 0 Å². The van der Waals surface area contributed by atoms with Gasteiger partial charge in [-0.05, 0) is 44.5 Å². The van der Waals surface area contributed by atoms with E-state index in [-0.39, 0.29) is 22.3 Å². The second-order valence-corrected chi connectivity index (χ2v) is 6.71. The number of piperidine rings is 1. The number of ketones is 1. The van der Waals surface area contributed by atoms with Gasteiger partial charge in [0, 0.05) is 30.2 Å². The Balaban J connectivity index is 1.55. The number of hydrogen-bond donors (Lipinski definition) is 0. The first-order chi connectivity index (χ1) is 12.0. The van der Waals surface area contributed by atoms with Gasteiger partial charge in [-0.15, -0.1) is 0 Å². The first-order valence-corrected chi connectivity index (χ1v) is 8.59. The molecule has 0 amide bonds. The molecule has 3 rings (SSSR count). The molecular formula is C20H22N2O3. The van der Waals surface area contributed by atoms with Gasteiger partial charge in [-0.3, -0.25) is 19.8 Å². The lowest BCUT2D eigenvalue weighted by molar-refractivity contribution is -0.384. The van der Waals surface area contributed by atoms with E-state index in [4.69, 9.17) is 0 Å². The number of rotatable bonds is 5. The fourth-order valence-corrected chi connectivity index (χ4v) is 3.37. The van der Waals surface area contributed by atoms with Crippen molar-refractivity contribution in [2.45, 2.75) is 26.3 Å². The fraction of sp³-hybridized carbons (Fsp3) is 0.350. The third-order valence-electron chi connectivity index (χ3n) is 4.81.